The van der Waals surface area contributed by atoms with E-state index in [0.717, 1.165) is 51.2 Å². The minimum absolute atomic E-state index is 0.504. The largest absolute Gasteiger partial charge is 0.489 e. The van der Waals surface area contributed by atoms with Crippen molar-refractivity contribution in [2.45, 2.75) is 6.42 Å². The molecule has 1 aromatic heterocycles. The average molecular weight is 453 g/mol. The zero-order valence-corrected chi connectivity index (χ0v) is 19.2. The highest BCUT2D eigenvalue weighted by Crippen LogP contribution is 2.36. The van der Waals surface area contributed by atoms with Crippen LogP contribution in [0, 0.1) is 12.0 Å². The molecule has 2 heterocycles. The second-order valence-electron chi connectivity index (χ2n) is 8.52. The lowest BCUT2D eigenvalue weighted by atomic mass is 9.95. The van der Waals surface area contributed by atoms with Gasteiger partial charge in [0.2, 0.25) is 0 Å². The van der Waals surface area contributed by atoms with E-state index in [4.69, 9.17) is 10.5 Å². The number of para-hydroxylation sites is 3. The number of fused-ring (bicyclic) bond motifs is 4. The zero-order valence-electron chi connectivity index (χ0n) is 19.2. The lowest BCUT2D eigenvalue weighted by molar-refractivity contribution is 0.360. The molecule has 0 bridgehead atoms. The van der Waals surface area contributed by atoms with Crippen molar-refractivity contribution in [2.24, 2.45) is 5.73 Å². The van der Waals surface area contributed by atoms with Crippen LogP contribution in [0.5, 0.6) is 5.75 Å². The molecule has 35 heavy (non-hydrogen) atoms. The van der Waals surface area contributed by atoms with Crippen molar-refractivity contribution in [1.29, 1.82) is 0 Å². The van der Waals surface area contributed by atoms with Crippen LogP contribution < -0.4 is 10.5 Å². The molecule has 0 radical (unpaired) electrons. The van der Waals surface area contributed by atoms with Gasteiger partial charge in [-0.25, -0.2) is 0 Å². The fourth-order valence-electron chi connectivity index (χ4n) is 4.99. The zero-order chi connectivity index (χ0) is 23.6. The molecule has 3 heteroatoms. The molecule has 0 aliphatic carbocycles. The first kappa shape index (κ1) is 20.9. The van der Waals surface area contributed by atoms with Gasteiger partial charge in [0.1, 0.15) is 12.4 Å². The van der Waals surface area contributed by atoms with Gasteiger partial charge in [-0.3, -0.25) is 0 Å². The first-order valence-corrected chi connectivity index (χ1v) is 11.8. The van der Waals surface area contributed by atoms with Gasteiger partial charge in [-0.2, -0.15) is 0 Å². The van der Waals surface area contributed by atoms with Crippen molar-refractivity contribution < 1.29 is 4.74 Å². The molecule has 5 aromatic rings. The van der Waals surface area contributed by atoms with Gasteiger partial charge >= 0.3 is 0 Å². The number of aromatic nitrogens is 1. The smallest absolute Gasteiger partial charge is 0.123 e. The summed E-state index contributed by atoms with van der Waals surface area (Å²) in [6.07, 6.45) is 7.22. The molecular formula is C32H24N2O. The van der Waals surface area contributed by atoms with Crippen molar-refractivity contribution in [3.8, 4) is 23.4 Å². The van der Waals surface area contributed by atoms with E-state index in [1.807, 2.05) is 18.2 Å². The van der Waals surface area contributed by atoms with E-state index in [2.05, 4.69) is 108 Å². The summed E-state index contributed by atoms with van der Waals surface area (Å²) in [5.74, 6) is 4.07. The van der Waals surface area contributed by atoms with Crippen molar-refractivity contribution >= 4 is 27.4 Å². The molecular weight excluding hydrogens is 428 g/mol. The number of ether oxygens (including phenoxy) is 1. The van der Waals surface area contributed by atoms with Crippen molar-refractivity contribution in [3.05, 3.63) is 126 Å². The number of rotatable bonds is 2. The molecule has 0 saturated heterocycles. The van der Waals surface area contributed by atoms with Crippen molar-refractivity contribution in [2.75, 3.05) is 6.61 Å². The van der Waals surface area contributed by atoms with Crippen molar-refractivity contribution in [1.82, 2.24) is 4.57 Å². The van der Waals surface area contributed by atoms with Crippen molar-refractivity contribution in [3.63, 3.8) is 0 Å². The van der Waals surface area contributed by atoms with Crippen LogP contribution in [-0.2, 0) is 6.42 Å². The maximum Gasteiger partial charge on any atom is 0.123 e. The predicted molar refractivity (Wildman–Crippen MR) is 145 cm³/mol. The molecule has 2 N–H and O–H groups in total. The van der Waals surface area contributed by atoms with Crippen LogP contribution in [0.15, 0.2) is 109 Å². The first-order valence-electron chi connectivity index (χ1n) is 11.8. The highest BCUT2D eigenvalue weighted by molar-refractivity contribution is 6.09. The summed E-state index contributed by atoms with van der Waals surface area (Å²) in [6.45, 7) is 0.504. The Kier molecular flexibility index (Phi) is 5.33. The number of nitrogens with zero attached hydrogens (tertiary/aromatic N) is 1. The molecule has 168 valence electrons. The highest BCUT2D eigenvalue weighted by atomic mass is 16.5. The van der Waals surface area contributed by atoms with Crippen LogP contribution in [0.2, 0.25) is 0 Å². The van der Waals surface area contributed by atoms with Gasteiger partial charge in [-0.15, -0.1) is 0 Å². The van der Waals surface area contributed by atoms with E-state index in [0.29, 0.717) is 6.61 Å². The number of hydrogen-bond donors (Lipinski definition) is 1. The van der Waals surface area contributed by atoms with Gasteiger partial charge < -0.3 is 15.0 Å². The van der Waals surface area contributed by atoms with E-state index in [9.17, 15) is 0 Å². The van der Waals surface area contributed by atoms with E-state index in [1.165, 1.54) is 10.8 Å². The Morgan fingerprint density at radius 3 is 2.26 bits per heavy atom. The summed E-state index contributed by atoms with van der Waals surface area (Å²) in [4.78, 5) is 0. The Labute approximate surface area is 204 Å². The minimum Gasteiger partial charge on any atom is -0.489 e. The van der Waals surface area contributed by atoms with Crippen LogP contribution in [0.25, 0.3) is 33.1 Å². The first-order chi connectivity index (χ1) is 17.3. The van der Waals surface area contributed by atoms with Gasteiger partial charge in [-0.05, 0) is 59.9 Å². The molecule has 0 amide bonds. The number of allylic oxidation sites excluding steroid dienone is 3. The van der Waals surface area contributed by atoms with E-state index >= 15 is 0 Å². The van der Waals surface area contributed by atoms with Crippen LogP contribution in [0.3, 0.4) is 0 Å². The Bertz CT molecular complexity index is 1640. The van der Waals surface area contributed by atoms with Gasteiger partial charge in [0.25, 0.3) is 0 Å². The molecule has 1 aliphatic rings. The predicted octanol–water partition coefficient (Wildman–Crippen LogP) is 6.63. The lowest BCUT2D eigenvalue weighted by Gasteiger charge is -2.17. The third-order valence-corrected chi connectivity index (χ3v) is 6.51. The van der Waals surface area contributed by atoms with Gasteiger partial charge in [0.15, 0.2) is 0 Å². The third-order valence-electron chi connectivity index (χ3n) is 6.51. The molecule has 3 nitrogen and oxygen atoms in total. The summed E-state index contributed by atoms with van der Waals surface area (Å²) >= 11 is 0. The maximum atomic E-state index is 6.01. The standard InChI is InChI=1S/C32H24N2O/c33-21-20-25-10-7-16-30(34-28-14-4-2-12-26(28)27-13-3-5-15-29(27)34)32(25)24-11-8-22-35-31-17-6-1-9-23(31)18-19-24/h1-17,19H,18,22,33H2/b11-8-,24-19+. The number of hydrogen-bond acceptors (Lipinski definition) is 2. The SMILES string of the molecule is NC#Cc1cccc(-n2c3ccccc3c3ccccc32)c1C1=C/Cc2ccccc2OC/C=C\1. The topological polar surface area (TPSA) is 40.2 Å². The van der Waals surface area contributed by atoms with E-state index in [-0.39, 0.29) is 0 Å². The van der Waals surface area contributed by atoms with Gasteiger partial charge in [0, 0.05) is 27.9 Å². The summed E-state index contributed by atoms with van der Waals surface area (Å²) in [6, 6.07) is 34.2. The summed E-state index contributed by atoms with van der Waals surface area (Å²) in [5, 5.41) is 2.45. The van der Waals surface area contributed by atoms with Gasteiger partial charge in [-0.1, -0.05) is 72.8 Å². The summed E-state index contributed by atoms with van der Waals surface area (Å²) in [7, 11) is 0. The Morgan fingerprint density at radius 1 is 0.771 bits per heavy atom. The summed E-state index contributed by atoms with van der Waals surface area (Å²) in [5.41, 5.74) is 13.3. The van der Waals surface area contributed by atoms with Crippen LogP contribution in [0.1, 0.15) is 16.7 Å². The fraction of sp³-hybridized carbons (Fsp3) is 0.0625. The second-order valence-corrected chi connectivity index (χ2v) is 8.52. The Morgan fingerprint density at radius 2 is 1.49 bits per heavy atom. The Hall–Kier alpha value is -4.68. The molecule has 0 atom stereocenters. The quantitative estimate of drug-likeness (QED) is 0.241. The lowest BCUT2D eigenvalue weighted by Crippen LogP contribution is -2.02. The van der Waals surface area contributed by atoms with Crippen LogP contribution in [-0.4, -0.2) is 11.2 Å². The fourth-order valence-corrected chi connectivity index (χ4v) is 4.99. The second kappa shape index (κ2) is 8.93. The molecule has 0 saturated carbocycles. The normalized spacial score (nSPS) is 15.5. The Balaban J connectivity index is 1.65. The van der Waals surface area contributed by atoms with Crippen LogP contribution >= 0.6 is 0 Å². The van der Waals surface area contributed by atoms with Crippen LogP contribution in [0.4, 0.5) is 0 Å². The van der Waals surface area contributed by atoms with Gasteiger partial charge in [0.05, 0.1) is 16.7 Å². The van der Waals surface area contributed by atoms with E-state index in [1.54, 1.807) is 0 Å². The number of nitrogens with two attached hydrogens (primary N) is 1. The molecule has 0 unspecified atom stereocenters. The molecule has 4 aromatic carbocycles. The molecule has 6 rings (SSSR count). The molecule has 0 fully saturated rings. The highest BCUT2D eigenvalue weighted by Gasteiger charge is 2.18. The monoisotopic (exact) mass is 452 g/mol. The van der Waals surface area contributed by atoms with E-state index < -0.39 is 0 Å². The maximum absolute atomic E-state index is 6.01. The minimum atomic E-state index is 0.504. The number of benzene rings is 4. The average Bonchev–Trinajstić information content (AvgIpc) is 3.28. The molecule has 1 aliphatic heterocycles. The third kappa shape index (κ3) is 3.66. The molecule has 0 spiro atoms. The summed E-state index contributed by atoms with van der Waals surface area (Å²) < 4.78 is 8.36.